The lowest BCUT2D eigenvalue weighted by Crippen LogP contribution is -2.28. The monoisotopic (exact) mass is 260 g/mol. The molecule has 1 aliphatic rings. The lowest BCUT2D eigenvalue weighted by atomic mass is 9.92. The van der Waals surface area contributed by atoms with Gasteiger partial charge in [-0.25, -0.2) is 4.39 Å². The van der Waals surface area contributed by atoms with Gasteiger partial charge in [0.05, 0.1) is 23.3 Å². The molecular formula is C12H14ClFO3. The van der Waals surface area contributed by atoms with E-state index in [1.165, 1.54) is 12.1 Å². The Hall–Kier alpha value is -0.680. The van der Waals surface area contributed by atoms with E-state index in [1.807, 2.05) is 0 Å². The molecule has 0 aliphatic heterocycles. The van der Waals surface area contributed by atoms with Gasteiger partial charge in [-0.3, -0.25) is 0 Å². The third kappa shape index (κ3) is 2.45. The first-order valence-corrected chi connectivity index (χ1v) is 5.87. The molecule has 0 radical (unpaired) electrons. The Morgan fingerprint density at radius 3 is 2.53 bits per heavy atom. The quantitative estimate of drug-likeness (QED) is 0.758. The number of aliphatic hydroxyl groups excluding tert-OH is 3. The van der Waals surface area contributed by atoms with Gasteiger partial charge in [-0.1, -0.05) is 17.7 Å². The molecule has 4 unspecified atom stereocenters. The number of halogens is 2. The molecule has 1 aromatic carbocycles. The van der Waals surface area contributed by atoms with Crippen LogP contribution in [-0.2, 0) is 0 Å². The summed E-state index contributed by atoms with van der Waals surface area (Å²) in [7, 11) is 0. The van der Waals surface area contributed by atoms with Crippen molar-refractivity contribution in [2.24, 2.45) is 5.92 Å². The summed E-state index contributed by atoms with van der Waals surface area (Å²) >= 11 is 5.55. The van der Waals surface area contributed by atoms with Gasteiger partial charge in [-0.2, -0.15) is 0 Å². The molecule has 5 heteroatoms. The minimum atomic E-state index is -0.992. The van der Waals surface area contributed by atoms with Gasteiger partial charge in [0, 0.05) is 5.92 Å². The van der Waals surface area contributed by atoms with E-state index in [4.69, 9.17) is 11.6 Å². The van der Waals surface area contributed by atoms with Crippen LogP contribution < -0.4 is 0 Å². The molecule has 1 saturated carbocycles. The second-order valence-electron chi connectivity index (χ2n) is 4.42. The van der Waals surface area contributed by atoms with Crippen LogP contribution in [0.15, 0.2) is 18.2 Å². The van der Waals surface area contributed by atoms with Crippen LogP contribution in [0.25, 0.3) is 0 Å². The number of rotatable bonds is 2. The van der Waals surface area contributed by atoms with Crippen LogP contribution in [0.5, 0.6) is 0 Å². The average Bonchev–Trinajstić information content (AvgIpc) is 2.63. The van der Waals surface area contributed by atoms with E-state index >= 15 is 0 Å². The Bertz CT molecular complexity index is 413. The smallest absolute Gasteiger partial charge is 0.142 e. The van der Waals surface area contributed by atoms with Gasteiger partial charge in [0.1, 0.15) is 5.82 Å². The molecule has 0 aromatic heterocycles. The Labute approximate surface area is 103 Å². The summed E-state index contributed by atoms with van der Waals surface area (Å²) < 4.78 is 13.2. The van der Waals surface area contributed by atoms with Crippen molar-refractivity contribution in [2.45, 2.75) is 31.2 Å². The molecule has 94 valence electrons. The molecule has 2 rings (SSSR count). The minimum absolute atomic E-state index is 0.00652. The van der Waals surface area contributed by atoms with Crippen LogP contribution in [0, 0.1) is 11.7 Å². The summed E-state index contributed by atoms with van der Waals surface area (Å²) in [5.41, 5.74) is 0.366. The molecule has 17 heavy (non-hydrogen) atoms. The van der Waals surface area contributed by atoms with Crippen LogP contribution in [0.1, 0.15) is 24.5 Å². The molecule has 0 heterocycles. The third-order valence-electron chi connectivity index (χ3n) is 3.32. The number of hydrogen-bond acceptors (Lipinski definition) is 3. The first-order valence-electron chi connectivity index (χ1n) is 5.50. The molecule has 3 N–H and O–H groups in total. The topological polar surface area (TPSA) is 60.7 Å². The molecule has 0 spiro atoms. The molecule has 1 aromatic rings. The summed E-state index contributed by atoms with van der Waals surface area (Å²) in [4.78, 5) is 0. The number of hydrogen-bond donors (Lipinski definition) is 3. The minimum Gasteiger partial charge on any atom is -0.390 e. The summed E-state index contributed by atoms with van der Waals surface area (Å²) in [6, 6.07) is 4.05. The van der Waals surface area contributed by atoms with Crippen molar-refractivity contribution in [3.8, 4) is 0 Å². The van der Waals surface area contributed by atoms with Crippen molar-refractivity contribution in [3.63, 3.8) is 0 Å². The molecule has 0 amide bonds. The van der Waals surface area contributed by atoms with Gasteiger partial charge in [0.2, 0.25) is 0 Å². The molecule has 1 aliphatic carbocycles. The van der Waals surface area contributed by atoms with Crippen molar-refractivity contribution >= 4 is 11.6 Å². The molecule has 0 saturated heterocycles. The zero-order valence-corrected chi connectivity index (χ0v) is 9.81. The predicted molar refractivity (Wildman–Crippen MR) is 61.1 cm³/mol. The highest BCUT2D eigenvalue weighted by Gasteiger charge is 2.38. The third-order valence-corrected chi connectivity index (χ3v) is 3.63. The first kappa shape index (κ1) is 12.8. The standard InChI is InChI=1S/C12H14ClFO3/c13-8-3-1-6(5-9(8)14)11(16)7-2-4-10(15)12(7)17/h1,3,5,7,10-12,15-17H,2,4H2. The zero-order valence-electron chi connectivity index (χ0n) is 9.05. The predicted octanol–water partition coefficient (Wildman–Crippen LogP) is 1.64. The zero-order chi connectivity index (χ0) is 12.6. The van der Waals surface area contributed by atoms with E-state index in [2.05, 4.69) is 0 Å². The highest BCUT2D eigenvalue weighted by Crippen LogP contribution is 2.36. The van der Waals surface area contributed by atoms with E-state index in [1.54, 1.807) is 0 Å². The van der Waals surface area contributed by atoms with E-state index in [9.17, 15) is 19.7 Å². The summed E-state index contributed by atoms with van der Waals surface area (Å²) in [6.07, 6.45) is -1.82. The largest absolute Gasteiger partial charge is 0.390 e. The van der Waals surface area contributed by atoms with Crippen molar-refractivity contribution in [2.75, 3.05) is 0 Å². The van der Waals surface area contributed by atoms with Crippen molar-refractivity contribution in [3.05, 3.63) is 34.6 Å². The van der Waals surface area contributed by atoms with E-state index in [0.717, 1.165) is 6.07 Å². The fourth-order valence-electron chi connectivity index (χ4n) is 2.28. The van der Waals surface area contributed by atoms with Gasteiger partial charge in [-0.15, -0.1) is 0 Å². The van der Waals surface area contributed by atoms with Crippen molar-refractivity contribution in [1.82, 2.24) is 0 Å². The van der Waals surface area contributed by atoms with Gasteiger partial charge in [0.25, 0.3) is 0 Å². The molecule has 0 bridgehead atoms. The second-order valence-corrected chi connectivity index (χ2v) is 4.82. The number of aliphatic hydroxyl groups is 3. The first-order chi connectivity index (χ1) is 8.00. The molecule has 1 fully saturated rings. The normalized spacial score (nSPS) is 30.5. The molecule has 4 atom stereocenters. The molecule has 3 nitrogen and oxygen atoms in total. The van der Waals surface area contributed by atoms with Gasteiger partial charge >= 0.3 is 0 Å². The second kappa shape index (κ2) is 4.90. The van der Waals surface area contributed by atoms with Gasteiger partial charge in [-0.05, 0) is 30.5 Å². The van der Waals surface area contributed by atoms with Crippen molar-refractivity contribution in [1.29, 1.82) is 0 Å². The summed E-state index contributed by atoms with van der Waals surface area (Å²) in [5, 5.41) is 29.1. The van der Waals surface area contributed by atoms with Crippen LogP contribution in [0.3, 0.4) is 0 Å². The fourth-order valence-corrected chi connectivity index (χ4v) is 2.40. The Morgan fingerprint density at radius 2 is 2.00 bits per heavy atom. The maximum Gasteiger partial charge on any atom is 0.142 e. The fraction of sp³-hybridized carbons (Fsp3) is 0.500. The highest BCUT2D eigenvalue weighted by atomic mass is 35.5. The Morgan fingerprint density at radius 1 is 1.29 bits per heavy atom. The summed E-state index contributed by atoms with van der Waals surface area (Å²) in [5.74, 6) is -1.07. The van der Waals surface area contributed by atoms with Crippen LogP contribution >= 0.6 is 11.6 Å². The lowest BCUT2D eigenvalue weighted by Gasteiger charge is -2.22. The van der Waals surface area contributed by atoms with Gasteiger partial charge in [0.15, 0.2) is 0 Å². The summed E-state index contributed by atoms with van der Waals surface area (Å²) in [6.45, 7) is 0. The average molecular weight is 261 g/mol. The van der Waals surface area contributed by atoms with Crippen LogP contribution in [-0.4, -0.2) is 27.5 Å². The SMILES string of the molecule is OC1CCC(C(O)c2ccc(Cl)c(F)c2)C1O. The van der Waals surface area contributed by atoms with E-state index < -0.39 is 30.0 Å². The molecular weight excluding hydrogens is 247 g/mol. The highest BCUT2D eigenvalue weighted by molar-refractivity contribution is 6.30. The van der Waals surface area contributed by atoms with Crippen LogP contribution in [0.2, 0.25) is 5.02 Å². The van der Waals surface area contributed by atoms with Gasteiger partial charge < -0.3 is 15.3 Å². The Kier molecular flexibility index (Phi) is 3.68. The van der Waals surface area contributed by atoms with Crippen LogP contribution in [0.4, 0.5) is 4.39 Å². The lowest BCUT2D eigenvalue weighted by molar-refractivity contribution is -0.0210. The Balaban J connectivity index is 2.19. The van der Waals surface area contributed by atoms with Crippen molar-refractivity contribution < 1.29 is 19.7 Å². The number of benzene rings is 1. The van der Waals surface area contributed by atoms with E-state index in [0.29, 0.717) is 18.4 Å². The maximum atomic E-state index is 13.2. The van der Waals surface area contributed by atoms with E-state index in [-0.39, 0.29) is 5.02 Å². The maximum absolute atomic E-state index is 13.2.